The van der Waals surface area contributed by atoms with Crippen LogP contribution in [0, 0.1) is 18.3 Å². The molecule has 0 aliphatic heterocycles. The lowest BCUT2D eigenvalue weighted by molar-refractivity contribution is 0.395. The third-order valence-corrected chi connectivity index (χ3v) is 3.28. The van der Waals surface area contributed by atoms with Crippen LogP contribution in [0.3, 0.4) is 0 Å². The molecule has 0 radical (unpaired) electrons. The van der Waals surface area contributed by atoms with E-state index in [1.807, 2.05) is 26.4 Å². The number of nitriles is 1. The van der Waals surface area contributed by atoms with Crippen LogP contribution in [0.15, 0.2) is 11.4 Å². The monoisotopic (exact) mass is 223 g/mol. The summed E-state index contributed by atoms with van der Waals surface area (Å²) >= 11 is 1.64. The van der Waals surface area contributed by atoms with Crippen molar-refractivity contribution in [2.24, 2.45) is 0 Å². The van der Waals surface area contributed by atoms with Crippen molar-refractivity contribution in [3.05, 3.63) is 21.9 Å². The topological polar surface area (TPSA) is 39.1 Å². The van der Waals surface area contributed by atoms with Gasteiger partial charge in [-0.1, -0.05) is 0 Å². The standard InChI is InChI=1S/C11H17N3S/c1-9-4-7-15-11(9)10(8-12)13-5-6-14(2)3/h4,7,10,13H,5-6H2,1-3H3. The van der Waals surface area contributed by atoms with Gasteiger partial charge in [0.2, 0.25) is 0 Å². The summed E-state index contributed by atoms with van der Waals surface area (Å²) in [6.07, 6.45) is 0. The largest absolute Gasteiger partial charge is 0.308 e. The van der Waals surface area contributed by atoms with Gasteiger partial charge in [-0.2, -0.15) is 5.26 Å². The molecule has 0 amide bonds. The molecule has 0 fully saturated rings. The summed E-state index contributed by atoms with van der Waals surface area (Å²) in [6.45, 7) is 3.83. The van der Waals surface area contributed by atoms with Gasteiger partial charge < -0.3 is 4.90 Å². The lowest BCUT2D eigenvalue weighted by Gasteiger charge is -2.14. The van der Waals surface area contributed by atoms with Gasteiger partial charge in [-0.25, -0.2) is 0 Å². The predicted octanol–water partition coefficient (Wildman–Crippen LogP) is 1.77. The third kappa shape index (κ3) is 3.63. The molecule has 0 aliphatic carbocycles. The lowest BCUT2D eigenvalue weighted by atomic mass is 10.2. The van der Waals surface area contributed by atoms with Crippen molar-refractivity contribution in [3.8, 4) is 6.07 Å². The van der Waals surface area contributed by atoms with E-state index in [4.69, 9.17) is 5.26 Å². The van der Waals surface area contributed by atoms with E-state index in [1.54, 1.807) is 11.3 Å². The number of nitrogens with zero attached hydrogens (tertiary/aromatic N) is 2. The number of rotatable bonds is 5. The Kier molecular flexibility index (Phi) is 4.76. The molecule has 0 spiro atoms. The Morgan fingerprint density at radius 1 is 1.60 bits per heavy atom. The van der Waals surface area contributed by atoms with Crippen molar-refractivity contribution in [1.82, 2.24) is 10.2 Å². The van der Waals surface area contributed by atoms with Crippen molar-refractivity contribution < 1.29 is 0 Å². The SMILES string of the molecule is Cc1ccsc1C(C#N)NCCN(C)C. The van der Waals surface area contributed by atoms with E-state index >= 15 is 0 Å². The Labute approximate surface area is 95.3 Å². The smallest absolute Gasteiger partial charge is 0.130 e. The van der Waals surface area contributed by atoms with Crippen LogP contribution in [0.5, 0.6) is 0 Å². The Morgan fingerprint density at radius 2 is 2.33 bits per heavy atom. The quantitative estimate of drug-likeness (QED) is 0.827. The molecular formula is C11H17N3S. The minimum atomic E-state index is -0.162. The van der Waals surface area contributed by atoms with Crippen molar-refractivity contribution in [3.63, 3.8) is 0 Å². The highest BCUT2D eigenvalue weighted by atomic mass is 32.1. The predicted molar refractivity (Wildman–Crippen MR) is 64.0 cm³/mol. The first-order chi connectivity index (χ1) is 7.15. The van der Waals surface area contributed by atoms with Gasteiger partial charge in [0.25, 0.3) is 0 Å². The zero-order valence-corrected chi connectivity index (χ0v) is 10.3. The first kappa shape index (κ1) is 12.2. The minimum Gasteiger partial charge on any atom is -0.308 e. The van der Waals surface area contributed by atoms with E-state index < -0.39 is 0 Å². The zero-order valence-electron chi connectivity index (χ0n) is 9.45. The van der Waals surface area contributed by atoms with Crippen LogP contribution < -0.4 is 5.32 Å². The first-order valence-corrected chi connectivity index (χ1v) is 5.85. The minimum absolute atomic E-state index is 0.162. The highest BCUT2D eigenvalue weighted by molar-refractivity contribution is 7.10. The maximum atomic E-state index is 9.07. The van der Waals surface area contributed by atoms with E-state index in [0.717, 1.165) is 18.0 Å². The van der Waals surface area contributed by atoms with E-state index in [9.17, 15) is 0 Å². The number of thiophene rings is 1. The zero-order chi connectivity index (χ0) is 11.3. The van der Waals surface area contributed by atoms with Gasteiger partial charge in [-0.05, 0) is 38.0 Å². The summed E-state index contributed by atoms with van der Waals surface area (Å²) in [5.41, 5.74) is 1.20. The Hall–Kier alpha value is -0.890. The molecule has 0 aliphatic rings. The molecule has 3 nitrogen and oxygen atoms in total. The Morgan fingerprint density at radius 3 is 2.80 bits per heavy atom. The van der Waals surface area contributed by atoms with Gasteiger partial charge >= 0.3 is 0 Å². The Balaban J connectivity index is 2.51. The summed E-state index contributed by atoms with van der Waals surface area (Å²) in [4.78, 5) is 3.24. The normalized spacial score (nSPS) is 12.7. The van der Waals surface area contributed by atoms with Gasteiger partial charge in [0.1, 0.15) is 6.04 Å². The van der Waals surface area contributed by atoms with Crippen LogP contribution in [-0.4, -0.2) is 32.1 Å². The van der Waals surface area contributed by atoms with Gasteiger partial charge in [-0.3, -0.25) is 5.32 Å². The van der Waals surface area contributed by atoms with Crippen LogP contribution >= 0.6 is 11.3 Å². The summed E-state index contributed by atoms with van der Waals surface area (Å²) in [7, 11) is 4.05. The third-order valence-electron chi connectivity index (χ3n) is 2.20. The molecule has 4 heteroatoms. The van der Waals surface area contributed by atoms with Crippen molar-refractivity contribution >= 4 is 11.3 Å². The second-order valence-electron chi connectivity index (χ2n) is 3.79. The van der Waals surface area contributed by atoms with Gasteiger partial charge in [0, 0.05) is 18.0 Å². The van der Waals surface area contributed by atoms with Crippen LogP contribution in [0.1, 0.15) is 16.5 Å². The Bertz CT molecular complexity index is 338. The van der Waals surface area contributed by atoms with Crippen LogP contribution in [0.25, 0.3) is 0 Å². The van der Waals surface area contributed by atoms with E-state index in [2.05, 4.69) is 22.4 Å². The fourth-order valence-electron chi connectivity index (χ4n) is 1.31. The number of hydrogen-bond acceptors (Lipinski definition) is 4. The van der Waals surface area contributed by atoms with Crippen LogP contribution in [0.4, 0.5) is 0 Å². The molecule has 1 heterocycles. The van der Waals surface area contributed by atoms with Crippen molar-refractivity contribution in [1.29, 1.82) is 5.26 Å². The van der Waals surface area contributed by atoms with E-state index in [-0.39, 0.29) is 6.04 Å². The summed E-state index contributed by atoms with van der Waals surface area (Å²) in [5, 5.41) is 14.4. The van der Waals surface area contributed by atoms with E-state index in [0.29, 0.717) is 0 Å². The fourth-order valence-corrected chi connectivity index (χ4v) is 2.25. The molecule has 0 saturated heterocycles. The molecular weight excluding hydrogens is 206 g/mol. The molecule has 15 heavy (non-hydrogen) atoms. The molecule has 0 aromatic carbocycles. The maximum absolute atomic E-state index is 9.07. The number of nitrogens with one attached hydrogen (secondary N) is 1. The average Bonchev–Trinajstić information content (AvgIpc) is 2.59. The van der Waals surface area contributed by atoms with Crippen molar-refractivity contribution in [2.45, 2.75) is 13.0 Å². The molecule has 0 bridgehead atoms. The van der Waals surface area contributed by atoms with Gasteiger partial charge in [0.05, 0.1) is 6.07 Å². The molecule has 1 atom stereocenters. The first-order valence-electron chi connectivity index (χ1n) is 4.97. The van der Waals surface area contributed by atoms with Crippen molar-refractivity contribution in [2.75, 3.05) is 27.2 Å². The molecule has 82 valence electrons. The maximum Gasteiger partial charge on any atom is 0.130 e. The fraction of sp³-hybridized carbons (Fsp3) is 0.545. The van der Waals surface area contributed by atoms with Crippen LogP contribution in [-0.2, 0) is 0 Å². The van der Waals surface area contributed by atoms with Gasteiger partial charge in [-0.15, -0.1) is 11.3 Å². The highest BCUT2D eigenvalue weighted by Crippen LogP contribution is 2.22. The molecule has 1 rings (SSSR count). The second kappa shape index (κ2) is 5.86. The second-order valence-corrected chi connectivity index (χ2v) is 4.74. The molecule has 1 unspecified atom stereocenters. The molecule has 0 saturated carbocycles. The highest BCUT2D eigenvalue weighted by Gasteiger charge is 2.13. The summed E-state index contributed by atoms with van der Waals surface area (Å²) < 4.78 is 0. The molecule has 1 N–H and O–H groups in total. The number of likely N-dealkylation sites (N-methyl/N-ethyl adjacent to an activating group) is 1. The van der Waals surface area contributed by atoms with Crippen LogP contribution in [0.2, 0.25) is 0 Å². The van der Waals surface area contributed by atoms with Gasteiger partial charge in [0.15, 0.2) is 0 Å². The molecule has 1 aromatic heterocycles. The van der Waals surface area contributed by atoms with E-state index in [1.165, 1.54) is 5.56 Å². The average molecular weight is 223 g/mol. The summed E-state index contributed by atoms with van der Waals surface area (Å²) in [6, 6.07) is 4.19. The number of aryl methyl sites for hydroxylation is 1. The lowest BCUT2D eigenvalue weighted by Crippen LogP contribution is -2.29. The number of hydrogen-bond donors (Lipinski definition) is 1. The molecule has 1 aromatic rings. The summed E-state index contributed by atoms with van der Waals surface area (Å²) in [5.74, 6) is 0.